The quantitative estimate of drug-likeness (QED) is 0.820. The molecule has 0 aliphatic carbocycles. The van der Waals surface area contributed by atoms with Gasteiger partial charge in [0.1, 0.15) is 10.9 Å². The van der Waals surface area contributed by atoms with Crippen LogP contribution in [0, 0.1) is 0 Å². The number of hydrogen-bond acceptors (Lipinski definition) is 5. The van der Waals surface area contributed by atoms with E-state index in [0.717, 1.165) is 0 Å². The summed E-state index contributed by atoms with van der Waals surface area (Å²) in [5, 5.41) is 0.387. The van der Waals surface area contributed by atoms with Crippen LogP contribution in [-0.2, 0) is 19.1 Å². The van der Waals surface area contributed by atoms with Gasteiger partial charge < -0.3 is 9.92 Å². The van der Waals surface area contributed by atoms with Crippen molar-refractivity contribution in [1.29, 1.82) is 0 Å². The molecule has 0 unspecified atom stereocenters. The number of carbonyl (C=O) groups excluding carboxylic acids is 1. The fourth-order valence-corrected chi connectivity index (χ4v) is 1.89. The van der Waals surface area contributed by atoms with Crippen LogP contribution in [0.2, 0.25) is 5.02 Å². The molecule has 1 aromatic carbocycles. The first-order chi connectivity index (χ1) is 7.33. The van der Waals surface area contributed by atoms with Crippen LogP contribution in [0.3, 0.4) is 0 Å². The van der Waals surface area contributed by atoms with Gasteiger partial charge in [0, 0.05) is 5.02 Å². The first-order valence-corrected chi connectivity index (χ1v) is 6.11. The van der Waals surface area contributed by atoms with E-state index in [1.54, 1.807) is 0 Å². The van der Waals surface area contributed by atoms with E-state index in [4.69, 9.17) is 17.3 Å². The molecule has 0 saturated carbocycles. The fourth-order valence-electron chi connectivity index (χ4n) is 0.833. The summed E-state index contributed by atoms with van der Waals surface area (Å²) in [6.07, 6.45) is 0. The van der Waals surface area contributed by atoms with Gasteiger partial charge >= 0.3 is 16.1 Å². The Balaban J connectivity index is 2.95. The maximum atomic E-state index is 11.5. The van der Waals surface area contributed by atoms with Crippen molar-refractivity contribution in [3.8, 4) is 0 Å². The zero-order chi connectivity index (χ0) is 12.3. The zero-order valence-corrected chi connectivity index (χ0v) is 9.96. The van der Waals surface area contributed by atoms with E-state index in [-0.39, 0.29) is 4.90 Å². The maximum absolute atomic E-state index is 11.5. The van der Waals surface area contributed by atoms with E-state index in [1.165, 1.54) is 31.2 Å². The molecule has 0 spiro atoms. The van der Waals surface area contributed by atoms with Crippen LogP contribution in [0.25, 0.3) is 0 Å². The van der Waals surface area contributed by atoms with E-state index in [2.05, 4.69) is 4.18 Å². The highest BCUT2D eigenvalue weighted by atomic mass is 35.5. The van der Waals surface area contributed by atoms with Gasteiger partial charge in [-0.05, 0) is 31.2 Å². The van der Waals surface area contributed by atoms with Gasteiger partial charge in [0.25, 0.3) is 0 Å². The molecule has 5 nitrogen and oxygen atoms in total. The number of nitrogens with two attached hydrogens (primary N) is 1. The summed E-state index contributed by atoms with van der Waals surface area (Å²) in [5.41, 5.74) is 5.19. The first kappa shape index (κ1) is 13.0. The van der Waals surface area contributed by atoms with Crippen molar-refractivity contribution in [3.05, 3.63) is 29.3 Å². The molecular formula is C9H10ClNO4S. The Bertz CT molecular complexity index is 481. The molecule has 2 N–H and O–H groups in total. The first-order valence-electron chi connectivity index (χ1n) is 4.32. The standard InChI is InChI=1S/C9H10ClNO4S/c1-6(11)9(12)15-16(13,14)8-4-2-7(10)3-5-8/h2-6H,11H2,1H3/t6-/m0/s1. The van der Waals surface area contributed by atoms with E-state index in [9.17, 15) is 13.2 Å². The van der Waals surface area contributed by atoms with Crippen molar-refractivity contribution in [1.82, 2.24) is 0 Å². The maximum Gasteiger partial charge on any atom is 0.341 e. The Hall–Kier alpha value is -1.11. The predicted octanol–water partition coefficient (Wildman–Crippen LogP) is 0.919. The second kappa shape index (κ2) is 4.82. The lowest BCUT2D eigenvalue weighted by molar-refractivity contribution is -0.134. The predicted molar refractivity (Wildman–Crippen MR) is 58.4 cm³/mol. The average molecular weight is 264 g/mol. The van der Waals surface area contributed by atoms with Crippen molar-refractivity contribution < 1.29 is 17.4 Å². The second-order valence-electron chi connectivity index (χ2n) is 3.10. The molecule has 0 aliphatic heterocycles. The molecule has 0 saturated heterocycles. The van der Waals surface area contributed by atoms with Gasteiger partial charge in [0.05, 0.1) is 0 Å². The van der Waals surface area contributed by atoms with Crippen LogP contribution in [-0.4, -0.2) is 20.4 Å². The van der Waals surface area contributed by atoms with E-state index >= 15 is 0 Å². The second-order valence-corrected chi connectivity index (χ2v) is 5.08. The minimum atomic E-state index is -4.11. The summed E-state index contributed by atoms with van der Waals surface area (Å²) in [7, 11) is -4.11. The normalized spacial score (nSPS) is 13.2. The van der Waals surface area contributed by atoms with Crippen LogP contribution < -0.4 is 5.73 Å². The lowest BCUT2D eigenvalue weighted by Crippen LogP contribution is -2.30. The highest BCUT2D eigenvalue weighted by molar-refractivity contribution is 7.87. The molecule has 88 valence electrons. The van der Waals surface area contributed by atoms with Crippen LogP contribution >= 0.6 is 11.6 Å². The van der Waals surface area contributed by atoms with Gasteiger partial charge in [-0.15, -0.1) is 0 Å². The molecule has 1 aromatic rings. The summed E-state index contributed by atoms with van der Waals surface area (Å²) >= 11 is 5.60. The third kappa shape index (κ3) is 3.19. The van der Waals surface area contributed by atoms with Gasteiger partial charge in [-0.3, -0.25) is 0 Å². The molecule has 16 heavy (non-hydrogen) atoms. The number of hydrogen-bond donors (Lipinski definition) is 1. The molecule has 0 aliphatic rings. The molecule has 0 bridgehead atoms. The number of benzene rings is 1. The Morgan fingerprint density at radius 3 is 2.31 bits per heavy atom. The van der Waals surface area contributed by atoms with Gasteiger partial charge in [0.15, 0.2) is 0 Å². The van der Waals surface area contributed by atoms with Crippen LogP contribution in [0.15, 0.2) is 29.2 Å². The van der Waals surface area contributed by atoms with Gasteiger partial charge in [-0.25, -0.2) is 4.79 Å². The third-order valence-corrected chi connectivity index (χ3v) is 3.15. The number of rotatable bonds is 3. The molecule has 7 heteroatoms. The van der Waals surface area contributed by atoms with Crippen molar-refractivity contribution in [2.75, 3.05) is 0 Å². The largest absolute Gasteiger partial charge is 0.341 e. The summed E-state index contributed by atoms with van der Waals surface area (Å²) in [4.78, 5) is 10.9. The Labute approximate surface area is 98.3 Å². The number of halogens is 1. The van der Waals surface area contributed by atoms with E-state index in [1.807, 2.05) is 0 Å². The number of carbonyl (C=O) groups is 1. The van der Waals surface area contributed by atoms with Gasteiger partial charge in [0.2, 0.25) is 0 Å². The molecular weight excluding hydrogens is 254 g/mol. The Morgan fingerprint density at radius 2 is 1.88 bits per heavy atom. The van der Waals surface area contributed by atoms with Crippen molar-refractivity contribution >= 4 is 27.7 Å². The average Bonchev–Trinajstić information content (AvgIpc) is 2.17. The van der Waals surface area contributed by atoms with Crippen molar-refractivity contribution in [2.24, 2.45) is 5.73 Å². The minimum absolute atomic E-state index is 0.147. The van der Waals surface area contributed by atoms with Crippen LogP contribution in [0.4, 0.5) is 0 Å². The summed E-state index contributed by atoms with van der Waals surface area (Å²) in [6, 6.07) is 4.25. The minimum Gasteiger partial charge on any atom is -0.341 e. The zero-order valence-electron chi connectivity index (χ0n) is 8.38. The lowest BCUT2D eigenvalue weighted by atomic mass is 10.4. The Morgan fingerprint density at radius 1 is 1.38 bits per heavy atom. The van der Waals surface area contributed by atoms with E-state index in [0.29, 0.717) is 5.02 Å². The monoisotopic (exact) mass is 263 g/mol. The smallest absolute Gasteiger partial charge is 0.341 e. The topological polar surface area (TPSA) is 86.5 Å². The SMILES string of the molecule is C[C@H](N)C(=O)OS(=O)(=O)c1ccc(Cl)cc1. The van der Waals surface area contributed by atoms with Gasteiger partial charge in [-0.2, -0.15) is 8.42 Å². The molecule has 1 rings (SSSR count). The van der Waals surface area contributed by atoms with Gasteiger partial charge in [-0.1, -0.05) is 11.6 Å². The highest BCUT2D eigenvalue weighted by Gasteiger charge is 2.22. The lowest BCUT2D eigenvalue weighted by Gasteiger charge is -2.07. The summed E-state index contributed by atoms with van der Waals surface area (Å²) in [6.45, 7) is 1.33. The molecule has 0 heterocycles. The fraction of sp³-hybridized carbons (Fsp3) is 0.222. The Kier molecular flexibility index (Phi) is 3.90. The van der Waals surface area contributed by atoms with Crippen LogP contribution in [0.5, 0.6) is 0 Å². The third-order valence-electron chi connectivity index (χ3n) is 1.67. The molecule has 0 aromatic heterocycles. The summed E-state index contributed by atoms with van der Waals surface area (Å²) in [5.74, 6) is -1.00. The molecule has 0 fully saturated rings. The van der Waals surface area contributed by atoms with E-state index < -0.39 is 22.1 Å². The molecule has 0 radical (unpaired) electrons. The summed E-state index contributed by atoms with van der Waals surface area (Å²) < 4.78 is 27.3. The van der Waals surface area contributed by atoms with Crippen LogP contribution in [0.1, 0.15) is 6.92 Å². The molecule has 1 atom stereocenters. The van der Waals surface area contributed by atoms with Crippen molar-refractivity contribution in [2.45, 2.75) is 17.9 Å². The molecule has 0 amide bonds. The highest BCUT2D eigenvalue weighted by Crippen LogP contribution is 2.16. The van der Waals surface area contributed by atoms with Crippen molar-refractivity contribution in [3.63, 3.8) is 0 Å².